The van der Waals surface area contributed by atoms with Gasteiger partial charge >= 0.3 is 0 Å². The number of rotatable bonds is 4. The van der Waals surface area contributed by atoms with Gasteiger partial charge in [0.25, 0.3) is 5.56 Å². The van der Waals surface area contributed by atoms with Gasteiger partial charge in [-0.1, -0.05) is 66.7 Å². The van der Waals surface area contributed by atoms with Gasteiger partial charge in [0.05, 0.1) is 17.0 Å². The van der Waals surface area contributed by atoms with Crippen LogP contribution >= 0.6 is 0 Å². The fourth-order valence-electron chi connectivity index (χ4n) is 5.93. The van der Waals surface area contributed by atoms with Gasteiger partial charge in [0, 0.05) is 49.7 Å². The maximum Gasteiger partial charge on any atom is 0.258 e. The topological polar surface area (TPSA) is 51.7 Å². The van der Waals surface area contributed by atoms with E-state index >= 15 is 0 Å². The van der Waals surface area contributed by atoms with Gasteiger partial charge in [0.2, 0.25) is 0 Å². The Balaban J connectivity index is 1.08. The standard InChI is InChI=1S/C33H30N4O/c38-33-32(28-8-2-1-3-9-29(28)35-33)30-15-13-25-12-14-27(21-31(25)34-30)37-18-16-36(17-19-37)22-23-10-11-24-6-4-5-7-26(24)20-23/h1-12,14,20-21H,13,15-19,22H2,(H,35,38). The number of nitrogens with one attached hydrogen (secondary N) is 1. The number of aromatic amines is 1. The molecule has 0 amide bonds. The van der Waals surface area contributed by atoms with Crippen LogP contribution in [-0.4, -0.2) is 41.8 Å². The maximum atomic E-state index is 12.8. The third kappa shape index (κ3) is 4.29. The van der Waals surface area contributed by atoms with Crippen LogP contribution < -0.4 is 10.5 Å². The number of piperazine rings is 1. The highest BCUT2D eigenvalue weighted by Gasteiger charge is 2.23. The number of aromatic nitrogens is 1. The zero-order valence-corrected chi connectivity index (χ0v) is 21.4. The predicted octanol–water partition coefficient (Wildman–Crippen LogP) is 6.02. The van der Waals surface area contributed by atoms with Crippen LogP contribution in [0.15, 0.2) is 101 Å². The first-order valence-electron chi connectivity index (χ1n) is 13.5. The van der Waals surface area contributed by atoms with Crippen molar-refractivity contribution >= 4 is 27.9 Å². The average molecular weight is 499 g/mol. The lowest BCUT2D eigenvalue weighted by Crippen LogP contribution is -2.45. The average Bonchev–Trinajstić information content (AvgIpc) is 3.10. The lowest BCUT2D eigenvalue weighted by molar-refractivity contribution is 0.250. The fraction of sp³-hybridized carbons (Fsp3) is 0.212. The van der Waals surface area contributed by atoms with Gasteiger partial charge in [-0.3, -0.25) is 14.7 Å². The highest BCUT2D eigenvalue weighted by atomic mass is 16.1. The molecule has 5 nitrogen and oxygen atoms in total. The van der Waals surface area contributed by atoms with Crippen molar-refractivity contribution in [3.63, 3.8) is 0 Å². The molecule has 38 heavy (non-hydrogen) atoms. The molecular formula is C33H30N4O. The molecule has 3 aromatic carbocycles. The third-order valence-corrected chi connectivity index (χ3v) is 7.98. The van der Waals surface area contributed by atoms with E-state index < -0.39 is 0 Å². The number of anilines is 1. The lowest BCUT2D eigenvalue weighted by atomic mass is 9.95. The second-order valence-corrected chi connectivity index (χ2v) is 10.4. The molecule has 1 aliphatic carbocycles. The van der Waals surface area contributed by atoms with Gasteiger partial charge in [0.1, 0.15) is 0 Å². The van der Waals surface area contributed by atoms with Crippen LogP contribution in [0.4, 0.5) is 11.4 Å². The van der Waals surface area contributed by atoms with Crippen molar-refractivity contribution in [1.29, 1.82) is 0 Å². The molecule has 188 valence electrons. The van der Waals surface area contributed by atoms with Crippen molar-refractivity contribution in [2.45, 2.75) is 19.4 Å². The zero-order chi connectivity index (χ0) is 25.5. The number of benzene rings is 3. The van der Waals surface area contributed by atoms with E-state index in [1.807, 2.05) is 30.3 Å². The molecule has 4 aliphatic rings. The molecule has 0 spiro atoms. The Labute approximate surface area is 222 Å². The summed E-state index contributed by atoms with van der Waals surface area (Å²) in [5.74, 6) is 0. The van der Waals surface area contributed by atoms with Gasteiger partial charge in [-0.25, -0.2) is 0 Å². The number of aliphatic imine (C=N–C) groups is 1. The van der Waals surface area contributed by atoms with E-state index in [0.717, 1.165) is 73.8 Å². The quantitative estimate of drug-likeness (QED) is 0.330. The summed E-state index contributed by atoms with van der Waals surface area (Å²) in [5, 5.41) is 2.60. The molecule has 7 rings (SSSR count). The number of aryl methyl sites for hydroxylation is 1. The van der Waals surface area contributed by atoms with Crippen molar-refractivity contribution in [2.75, 3.05) is 31.1 Å². The normalized spacial score (nSPS) is 16.0. The van der Waals surface area contributed by atoms with Crippen molar-refractivity contribution in [1.82, 2.24) is 9.88 Å². The van der Waals surface area contributed by atoms with E-state index in [0.29, 0.717) is 0 Å². The summed E-state index contributed by atoms with van der Waals surface area (Å²) in [5.41, 5.74) is 8.20. The Bertz CT molecular complexity index is 1690. The van der Waals surface area contributed by atoms with E-state index in [4.69, 9.17) is 4.99 Å². The number of hydrogen-bond acceptors (Lipinski definition) is 4. The summed E-state index contributed by atoms with van der Waals surface area (Å²) in [6.45, 7) is 5.03. The number of hydrogen-bond donors (Lipinski definition) is 1. The summed E-state index contributed by atoms with van der Waals surface area (Å²) in [4.78, 5) is 25.9. The molecule has 1 N–H and O–H groups in total. The zero-order valence-electron chi connectivity index (χ0n) is 21.4. The Morgan fingerprint density at radius 1 is 0.763 bits per heavy atom. The smallest absolute Gasteiger partial charge is 0.258 e. The molecular weight excluding hydrogens is 468 g/mol. The minimum absolute atomic E-state index is 0.0490. The summed E-state index contributed by atoms with van der Waals surface area (Å²) in [7, 11) is 0. The molecule has 0 unspecified atom stereocenters. The number of fused-ring (bicyclic) bond motifs is 3. The minimum atomic E-state index is -0.0490. The highest BCUT2D eigenvalue weighted by molar-refractivity contribution is 6.08. The van der Waals surface area contributed by atoms with Crippen LogP contribution in [0.5, 0.6) is 0 Å². The number of H-pyrrole nitrogens is 1. The number of nitrogens with zero attached hydrogens (tertiary/aromatic N) is 3. The highest BCUT2D eigenvalue weighted by Crippen LogP contribution is 2.34. The molecule has 3 heterocycles. The minimum Gasteiger partial charge on any atom is -0.369 e. The molecule has 0 atom stereocenters. The Morgan fingerprint density at radius 2 is 1.58 bits per heavy atom. The molecule has 1 fully saturated rings. The van der Waals surface area contributed by atoms with Crippen LogP contribution in [0.2, 0.25) is 0 Å². The van der Waals surface area contributed by atoms with Crippen LogP contribution in [0, 0.1) is 0 Å². The van der Waals surface area contributed by atoms with Crippen molar-refractivity contribution < 1.29 is 0 Å². The van der Waals surface area contributed by atoms with Crippen molar-refractivity contribution in [2.24, 2.45) is 4.99 Å². The summed E-state index contributed by atoms with van der Waals surface area (Å²) in [6, 6.07) is 31.9. The molecule has 3 aromatic rings. The molecule has 0 radical (unpaired) electrons. The van der Waals surface area contributed by atoms with E-state index in [-0.39, 0.29) is 5.56 Å². The SMILES string of the molecule is O=c1[nH]c2cccccc-2c1C1=Nc2cc(N3CCN(Cc4ccc5ccccc5c4)CC3)ccc2CC1. The Kier molecular flexibility index (Phi) is 5.78. The molecule has 3 aliphatic heterocycles. The van der Waals surface area contributed by atoms with E-state index in [9.17, 15) is 4.79 Å². The van der Waals surface area contributed by atoms with E-state index in [1.165, 1.54) is 27.6 Å². The third-order valence-electron chi connectivity index (χ3n) is 7.98. The van der Waals surface area contributed by atoms with Crippen LogP contribution in [0.1, 0.15) is 23.1 Å². The van der Waals surface area contributed by atoms with Crippen molar-refractivity contribution in [3.05, 3.63) is 118 Å². The summed E-state index contributed by atoms with van der Waals surface area (Å²) < 4.78 is 0. The first kappa shape index (κ1) is 22.9. The van der Waals surface area contributed by atoms with Gasteiger partial charge in [0.15, 0.2) is 0 Å². The molecule has 1 saturated heterocycles. The summed E-state index contributed by atoms with van der Waals surface area (Å²) in [6.07, 6.45) is 1.68. The van der Waals surface area contributed by atoms with Gasteiger partial charge in [-0.2, -0.15) is 0 Å². The Hall–Kier alpha value is -4.22. The van der Waals surface area contributed by atoms with Crippen LogP contribution in [0.3, 0.4) is 0 Å². The van der Waals surface area contributed by atoms with Gasteiger partial charge in [-0.05, 0) is 59.0 Å². The Morgan fingerprint density at radius 3 is 2.47 bits per heavy atom. The maximum absolute atomic E-state index is 12.8. The predicted molar refractivity (Wildman–Crippen MR) is 156 cm³/mol. The van der Waals surface area contributed by atoms with E-state index in [2.05, 4.69) is 75.4 Å². The molecule has 5 heteroatoms. The van der Waals surface area contributed by atoms with Crippen LogP contribution in [-0.2, 0) is 13.0 Å². The van der Waals surface area contributed by atoms with Gasteiger partial charge in [-0.15, -0.1) is 0 Å². The second kappa shape index (κ2) is 9.58. The van der Waals surface area contributed by atoms with Gasteiger partial charge < -0.3 is 9.88 Å². The monoisotopic (exact) mass is 498 g/mol. The fourth-order valence-corrected chi connectivity index (χ4v) is 5.93. The van der Waals surface area contributed by atoms with Crippen LogP contribution in [0.25, 0.3) is 22.0 Å². The molecule has 0 saturated carbocycles. The molecule has 0 bridgehead atoms. The first-order chi connectivity index (χ1) is 18.7. The summed E-state index contributed by atoms with van der Waals surface area (Å²) >= 11 is 0. The lowest BCUT2D eigenvalue weighted by Gasteiger charge is -2.36. The van der Waals surface area contributed by atoms with Crippen molar-refractivity contribution in [3.8, 4) is 11.3 Å². The second-order valence-electron chi connectivity index (χ2n) is 10.4. The first-order valence-corrected chi connectivity index (χ1v) is 13.5. The molecule has 0 aromatic heterocycles. The largest absolute Gasteiger partial charge is 0.369 e. The van der Waals surface area contributed by atoms with E-state index in [1.54, 1.807) is 0 Å².